The van der Waals surface area contributed by atoms with Crippen LogP contribution >= 0.6 is 0 Å². The van der Waals surface area contributed by atoms with Gasteiger partial charge in [0, 0.05) is 18.5 Å². The van der Waals surface area contributed by atoms with E-state index >= 15 is 0 Å². The highest BCUT2D eigenvalue weighted by molar-refractivity contribution is 5.77. The number of hydrogen-bond acceptors (Lipinski definition) is 2. The van der Waals surface area contributed by atoms with E-state index in [-0.39, 0.29) is 23.2 Å². The molecule has 1 heterocycles. The highest BCUT2D eigenvalue weighted by atomic mass is 19.1. The van der Waals surface area contributed by atoms with Gasteiger partial charge in [-0.15, -0.1) is 0 Å². The van der Waals surface area contributed by atoms with Gasteiger partial charge in [-0.1, -0.05) is 19.1 Å². The topological polar surface area (TPSA) is 32.3 Å². The second kappa shape index (κ2) is 7.91. The van der Waals surface area contributed by atoms with Crippen LogP contribution in [0.4, 0.5) is 4.39 Å². The van der Waals surface area contributed by atoms with E-state index in [0.29, 0.717) is 13.0 Å². The molecular formula is C19H29FN2O. The number of carbonyl (C=O) groups is 1. The SMILES string of the molecule is CCC(CC(=O)NCC(C)(C)N1CCCC1)c1ccc(F)cc1. The molecule has 0 aromatic heterocycles. The molecule has 1 aliphatic rings. The molecule has 1 aromatic carbocycles. The lowest BCUT2D eigenvalue weighted by Crippen LogP contribution is -2.50. The maximum absolute atomic E-state index is 13.0. The van der Waals surface area contributed by atoms with E-state index in [9.17, 15) is 9.18 Å². The summed E-state index contributed by atoms with van der Waals surface area (Å²) >= 11 is 0. The van der Waals surface area contributed by atoms with Crippen LogP contribution in [0.25, 0.3) is 0 Å². The Morgan fingerprint density at radius 2 is 1.87 bits per heavy atom. The van der Waals surface area contributed by atoms with Crippen molar-refractivity contribution in [1.29, 1.82) is 0 Å². The van der Waals surface area contributed by atoms with Crippen molar-refractivity contribution in [2.75, 3.05) is 19.6 Å². The van der Waals surface area contributed by atoms with Gasteiger partial charge in [0.2, 0.25) is 5.91 Å². The van der Waals surface area contributed by atoms with Crippen molar-refractivity contribution in [3.05, 3.63) is 35.6 Å². The normalized spacial score (nSPS) is 17.2. The van der Waals surface area contributed by atoms with Crippen molar-refractivity contribution in [2.45, 2.75) is 57.9 Å². The summed E-state index contributed by atoms with van der Waals surface area (Å²) in [7, 11) is 0. The molecule has 1 aliphatic heterocycles. The Labute approximate surface area is 139 Å². The van der Waals surface area contributed by atoms with E-state index in [1.165, 1.54) is 25.0 Å². The molecule has 1 aromatic rings. The van der Waals surface area contributed by atoms with Crippen molar-refractivity contribution >= 4 is 5.91 Å². The van der Waals surface area contributed by atoms with E-state index < -0.39 is 0 Å². The van der Waals surface area contributed by atoms with Crippen molar-refractivity contribution < 1.29 is 9.18 Å². The molecule has 1 fully saturated rings. The zero-order valence-corrected chi connectivity index (χ0v) is 14.6. The van der Waals surface area contributed by atoms with Gasteiger partial charge in [0.1, 0.15) is 5.82 Å². The Balaban J connectivity index is 1.86. The Kier molecular flexibility index (Phi) is 6.17. The monoisotopic (exact) mass is 320 g/mol. The van der Waals surface area contributed by atoms with Crippen LogP contribution in [0.3, 0.4) is 0 Å². The number of halogens is 1. The first-order valence-corrected chi connectivity index (χ1v) is 8.69. The van der Waals surface area contributed by atoms with Gasteiger partial charge in [0.05, 0.1) is 0 Å². The molecule has 0 radical (unpaired) electrons. The molecule has 0 spiro atoms. The van der Waals surface area contributed by atoms with E-state index in [4.69, 9.17) is 0 Å². The molecule has 1 atom stereocenters. The van der Waals surface area contributed by atoms with Gasteiger partial charge in [-0.25, -0.2) is 4.39 Å². The highest BCUT2D eigenvalue weighted by Crippen LogP contribution is 2.24. The number of rotatable bonds is 7. The summed E-state index contributed by atoms with van der Waals surface area (Å²) in [5.74, 6) is -0.0145. The van der Waals surface area contributed by atoms with Crippen LogP contribution in [-0.2, 0) is 4.79 Å². The molecule has 1 saturated heterocycles. The van der Waals surface area contributed by atoms with Crippen LogP contribution in [0.15, 0.2) is 24.3 Å². The molecule has 1 unspecified atom stereocenters. The Bertz CT molecular complexity index is 507. The first-order chi connectivity index (χ1) is 10.9. The van der Waals surface area contributed by atoms with Gasteiger partial charge in [-0.3, -0.25) is 9.69 Å². The van der Waals surface area contributed by atoms with Crippen LogP contribution in [0.1, 0.15) is 57.9 Å². The predicted octanol–water partition coefficient (Wildman–Crippen LogP) is 3.70. The Morgan fingerprint density at radius 3 is 2.43 bits per heavy atom. The van der Waals surface area contributed by atoms with Gasteiger partial charge in [0.15, 0.2) is 0 Å². The summed E-state index contributed by atoms with van der Waals surface area (Å²) in [5, 5.41) is 3.09. The van der Waals surface area contributed by atoms with Crippen LogP contribution in [0.5, 0.6) is 0 Å². The second-order valence-electron chi connectivity index (χ2n) is 7.14. The molecule has 4 heteroatoms. The molecule has 128 valence electrons. The smallest absolute Gasteiger partial charge is 0.220 e. The minimum Gasteiger partial charge on any atom is -0.354 e. The minimum absolute atomic E-state index is 0.00372. The molecule has 1 amide bonds. The van der Waals surface area contributed by atoms with Crippen LogP contribution in [0, 0.1) is 5.82 Å². The summed E-state index contributed by atoms with van der Waals surface area (Å²) in [5.41, 5.74) is 1.03. The maximum atomic E-state index is 13.0. The van der Waals surface area contributed by atoms with Crippen molar-refractivity contribution in [2.24, 2.45) is 0 Å². The van der Waals surface area contributed by atoms with Gasteiger partial charge in [0.25, 0.3) is 0 Å². The van der Waals surface area contributed by atoms with Crippen molar-refractivity contribution in [3.63, 3.8) is 0 Å². The van der Waals surface area contributed by atoms with Gasteiger partial charge in [-0.05, 0) is 69.8 Å². The standard InChI is InChI=1S/C19H29FN2O/c1-4-15(16-7-9-17(20)10-8-16)13-18(23)21-14-19(2,3)22-11-5-6-12-22/h7-10,15H,4-6,11-14H2,1-3H3,(H,21,23). The van der Waals surface area contributed by atoms with Crippen molar-refractivity contribution in [1.82, 2.24) is 10.2 Å². The van der Waals surface area contributed by atoms with E-state index in [1.807, 2.05) is 0 Å². The van der Waals surface area contributed by atoms with Gasteiger partial charge >= 0.3 is 0 Å². The molecular weight excluding hydrogens is 291 g/mol. The van der Waals surface area contributed by atoms with E-state index in [2.05, 4.69) is 31.0 Å². The molecule has 1 N–H and O–H groups in total. The summed E-state index contributed by atoms with van der Waals surface area (Å²) in [6.07, 6.45) is 3.83. The number of nitrogens with one attached hydrogen (secondary N) is 1. The fourth-order valence-corrected chi connectivity index (χ4v) is 3.28. The van der Waals surface area contributed by atoms with E-state index in [0.717, 1.165) is 25.1 Å². The second-order valence-corrected chi connectivity index (χ2v) is 7.14. The lowest BCUT2D eigenvalue weighted by Gasteiger charge is -2.35. The molecule has 23 heavy (non-hydrogen) atoms. The van der Waals surface area contributed by atoms with Gasteiger partial charge < -0.3 is 5.32 Å². The average molecular weight is 320 g/mol. The maximum Gasteiger partial charge on any atom is 0.220 e. The van der Waals surface area contributed by atoms with Crippen LogP contribution in [-0.4, -0.2) is 36.0 Å². The third-order valence-corrected chi connectivity index (χ3v) is 4.95. The lowest BCUT2D eigenvalue weighted by atomic mass is 9.92. The molecule has 0 bridgehead atoms. The molecule has 3 nitrogen and oxygen atoms in total. The fraction of sp³-hybridized carbons (Fsp3) is 0.632. The summed E-state index contributed by atoms with van der Waals surface area (Å²) in [6.45, 7) is 9.36. The van der Waals surface area contributed by atoms with E-state index in [1.54, 1.807) is 12.1 Å². The first-order valence-electron chi connectivity index (χ1n) is 8.69. The fourth-order valence-electron chi connectivity index (χ4n) is 3.28. The van der Waals surface area contributed by atoms with Crippen LogP contribution < -0.4 is 5.32 Å². The van der Waals surface area contributed by atoms with Crippen LogP contribution in [0.2, 0.25) is 0 Å². The third kappa shape index (κ3) is 5.03. The quantitative estimate of drug-likeness (QED) is 0.831. The minimum atomic E-state index is -0.236. The zero-order valence-electron chi connectivity index (χ0n) is 14.6. The average Bonchev–Trinajstić information content (AvgIpc) is 3.07. The number of hydrogen-bond donors (Lipinski definition) is 1. The third-order valence-electron chi connectivity index (χ3n) is 4.95. The number of carbonyl (C=O) groups excluding carboxylic acids is 1. The number of likely N-dealkylation sites (tertiary alicyclic amines) is 1. The Hall–Kier alpha value is -1.42. The summed E-state index contributed by atoms with van der Waals surface area (Å²) < 4.78 is 13.0. The van der Waals surface area contributed by atoms with Crippen molar-refractivity contribution in [3.8, 4) is 0 Å². The molecule has 2 rings (SSSR count). The molecule has 0 saturated carbocycles. The molecule has 0 aliphatic carbocycles. The first kappa shape index (κ1) is 17.9. The summed E-state index contributed by atoms with van der Waals surface area (Å²) in [4.78, 5) is 14.8. The Morgan fingerprint density at radius 1 is 1.26 bits per heavy atom. The number of benzene rings is 1. The number of nitrogens with zero attached hydrogens (tertiary/aromatic N) is 1. The number of amides is 1. The largest absolute Gasteiger partial charge is 0.354 e. The van der Waals surface area contributed by atoms with Gasteiger partial charge in [-0.2, -0.15) is 0 Å². The lowest BCUT2D eigenvalue weighted by molar-refractivity contribution is -0.122. The predicted molar refractivity (Wildman–Crippen MR) is 91.9 cm³/mol. The summed E-state index contributed by atoms with van der Waals surface area (Å²) in [6, 6.07) is 6.49. The highest BCUT2D eigenvalue weighted by Gasteiger charge is 2.29. The zero-order chi connectivity index (χ0) is 16.9.